The molecular weight excluding hydrogens is 586 g/mol. The zero-order chi connectivity index (χ0) is 30.4. The van der Waals surface area contributed by atoms with E-state index in [1.54, 1.807) is 37.3 Å². The Hall–Kier alpha value is -3.64. The van der Waals surface area contributed by atoms with E-state index >= 15 is 0 Å². The van der Waals surface area contributed by atoms with E-state index in [0.717, 1.165) is 23.3 Å². The number of hydrogen-bond acceptors (Lipinski definition) is 4. The van der Waals surface area contributed by atoms with Crippen LogP contribution in [0, 0.1) is 5.82 Å². The summed E-state index contributed by atoms with van der Waals surface area (Å²) in [5.41, 5.74) is -1.02. The lowest BCUT2D eigenvalue weighted by molar-refractivity contribution is -0.140. The summed E-state index contributed by atoms with van der Waals surface area (Å²) in [6, 6.07) is 15.5. The van der Waals surface area contributed by atoms with Crippen molar-refractivity contribution in [3.63, 3.8) is 0 Å². The first-order chi connectivity index (χ1) is 19.2. The van der Waals surface area contributed by atoms with Gasteiger partial charge in [-0.15, -0.1) is 0 Å². The van der Waals surface area contributed by atoms with E-state index in [-0.39, 0.29) is 18.5 Å². The van der Waals surface area contributed by atoms with Gasteiger partial charge in [0.15, 0.2) is 0 Å². The molecule has 0 fully saturated rings. The molecule has 0 heterocycles. The van der Waals surface area contributed by atoms with Crippen LogP contribution in [0.5, 0.6) is 0 Å². The highest BCUT2D eigenvalue weighted by Crippen LogP contribution is 2.37. The van der Waals surface area contributed by atoms with E-state index < -0.39 is 69.2 Å². The second kappa shape index (κ2) is 13.3. The van der Waals surface area contributed by atoms with E-state index in [1.165, 1.54) is 24.3 Å². The second-order valence-electron chi connectivity index (χ2n) is 9.14. The van der Waals surface area contributed by atoms with Gasteiger partial charge in [-0.1, -0.05) is 60.1 Å². The Kier molecular flexibility index (Phi) is 10.4. The molecule has 0 unspecified atom stereocenters. The molecule has 3 aromatic rings. The highest BCUT2D eigenvalue weighted by molar-refractivity contribution is 7.92. The van der Waals surface area contributed by atoms with Crippen molar-refractivity contribution in [3.05, 3.63) is 100 Å². The van der Waals surface area contributed by atoms with Crippen molar-refractivity contribution >= 4 is 39.1 Å². The fourth-order valence-corrected chi connectivity index (χ4v) is 5.22. The number of nitrogens with one attached hydrogen (secondary N) is 1. The maximum absolute atomic E-state index is 14.7. The molecule has 1 N–H and O–H groups in total. The van der Waals surface area contributed by atoms with Crippen LogP contribution in [-0.2, 0) is 38.8 Å². The predicted octanol–water partition coefficient (Wildman–Crippen LogP) is 5.04. The number of nitrogens with zero attached hydrogens (tertiary/aromatic N) is 2. The minimum atomic E-state index is -4.89. The molecule has 0 aliphatic carbocycles. The number of amides is 2. The second-order valence-corrected chi connectivity index (χ2v) is 11.5. The van der Waals surface area contributed by atoms with Crippen LogP contribution < -0.4 is 9.62 Å². The Balaban J connectivity index is 2.09. The molecular formula is C28H28ClF4N3O4S. The van der Waals surface area contributed by atoms with Crippen LogP contribution in [0.1, 0.15) is 23.6 Å². The first kappa shape index (κ1) is 31.9. The lowest BCUT2D eigenvalue weighted by Gasteiger charge is -2.33. The van der Waals surface area contributed by atoms with Crippen LogP contribution in [0.25, 0.3) is 0 Å². The first-order valence-corrected chi connectivity index (χ1v) is 14.6. The third-order valence-corrected chi connectivity index (χ3v) is 7.61. The zero-order valence-electron chi connectivity index (χ0n) is 22.2. The molecule has 220 valence electrons. The third kappa shape index (κ3) is 8.43. The number of sulfonamides is 1. The maximum Gasteiger partial charge on any atom is 0.417 e. The summed E-state index contributed by atoms with van der Waals surface area (Å²) in [5.74, 6) is -2.17. The standard InChI is InChI=1S/C28H28ClF4N3O4S/c1-3-34-27(38)25(15-19-9-5-4-6-10-19)35(17-20-11-7-8-12-24(20)30)26(37)18-36(41(2,39)40)21-13-14-23(29)22(16-21)28(31,32)33/h4-14,16,25H,3,15,17-18H2,1-2H3,(H,34,38)/t25-/m0/s1. The van der Waals surface area contributed by atoms with E-state index in [1.807, 2.05) is 0 Å². The Morgan fingerprint density at radius 1 is 1.00 bits per heavy atom. The molecule has 13 heteroatoms. The lowest BCUT2D eigenvalue weighted by Crippen LogP contribution is -2.53. The SMILES string of the molecule is CCNC(=O)[C@H](Cc1ccccc1)N(Cc1ccccc1F)C(=O)CN(c1ccc(Cl)c(C(F)(F)F)c1)S(C)(=O)=O. The van der Waals surface area contributed by atoms with Gasteiger partial charge in [0.05, 0.1) is 22.5 Å². The van der Waals surface area contributed by atoms with Crippen molar-refractivity contribution < 1.29 is 35.6 Å². The first-order valence-electron chi connectivity index (χ1n) is 12.4. The fraction of sp³-hybridized carbons (Fsp3) is 0.286. The maximum atomic E-state index is 14.7. The van der Waals surface area contributed by atoms with Crippen LogP contribution in [0.2, 0.25) is 5.02 Å². The number of anilines is 1. The number of alkyl halides is 3. The summed E-state index contributed by atoms with van der Waals surface area (Å²) >= 11 is 5.70. The molecule has 0 aliphatic heterocycles. The van der Waals surface area contributed by atoms with Gasteiger partial charge < -0.3 is 10.2 Å². The largest absolute Gasteiger partial charge is 0.417 e. The minimum absolute atomic E-state index is 0.00487. The molecule has 0 saturated carbocycles. The Bertz CT molecular complexity index is 1490. The van der Waals surface area contributed by atoms with E-state index in [2.05, 4.69) is 5.32 Å². The monoisotopic (exact) mass is 613 g/mol. The van der Waals surface area contributed by atoms with Crippen molar-refractivity contribution in [1.82, 2.24) is 10.2 Å². The molecule has 0 radical (unpaired) electrons. The predicted molar refractivity (Wildman–Crippen MR) is 148 cm³/mol. The average Bonchev–Trinajstić information content (AvgIpc) is 2.90. The van der Waals surface area contributed by atoms with Crippen LogP contribution in [-0.4, -0.2) is 50.5 Å². The number of carbonyl (C=O) groups excluding carboxylic acids is 2. The Morgan fingerprint density at radius 2 is 1.63 bits per heavy atom. The van der Waals surface area contributed by atoms with Gasteiger partial charge in [-0.3, -0.25) is 13.9 Å². The molecule has 3 rings (SSSR count). The molecule has 0 bridgehead atoms. The molecule has 7 nitrogen and oxygen atoms in total. The summed E-state index contributed by atoms with van der Waals surface area (Å²) in [5, 5.41) is 2.00. The minimum Gasteiger partial charge on any atom is -0.355 e. The van der Waals surface area contributed by atoms with Crippen molar-refractivity contribution in [2.75, 3.05) is 23.7 Å². The lowest BCUT2D eigenvalue weighted by atomic mass is 10.0. The fourth-order valence-electron chi connectivity index (χ4n) is 4.16. The van der Waals surface area contributed by atoms with Crippen LogP contribution >= 0.6 is 11.6 Å². The van der Waals surface area contributed by atoms with Crippen molar-refractivity contribution in [2.24, 2.45) is 0 Å². The summed E-state index contributed by atoms with van der Waals surface area (Å²) in [7, 11) is -4.32. The molecule has 0 spiro atoms. The van der Waals surface area contributed by atoms with Crippen LogP contribution in [0.3, 0.4) is 0 Å². The quantitative estimate of drug-likeness (QED) is 0.307. The molecule has 0 aromatic heterocycles. The normalized spacial score (nSPS) is 12.5. The number of likely N-dealkylation sites (N-methyl/N-ethyl adjacent to an activating group) is 1. The van der Waals surface area contributed by atoms with Crippen molar-refractivity contribution in [1.29, 1.82) is 0 Å². The van der Waals surface area contributed by atoms with Gasteiger partial charge >= 0.3 is 6.18 Å². The smallest absolute Gasteiger partial charge is 0.355 e. The molecule has 1 atom stereocenters. The van der Waals surface area contributed by atoms with E-state index in [4.69, 9.17) is 11.6 Å². The summed E-state index contributed by atoms with van der Waals surface area (Å²) in [4.78, 5) is 28.1. The number of halogens is 5. The number of benzene rings is 3. The molecule has 0 aliphatic rings. The van der Waals surface area contributed by atoms with Gasteiger partial charge in [-0.25, -0.2) is 12.8 Å². The van der Waals surface area contributed by atoms with Gasteiger partial charge in [0.1, 0.15) is 18.4 Å². The van der Waals surface area contributed by atoms with Gasteiger partial charge in [-0.05, 0) is 36.8 Å². The Labute approximate surface area is 240 Å². The van der Waals surface area contributed by atoms with Gasteiger partial charge in [-0.2, -0.15) is 13.2 Å². The molecule has 3 aromatic carbocycles. The highest BCUT2D eigenvalue weighted by Gasteiger charge is 2.36. The topological polar surface area (TPSA) is 86.8 Å². The van der Waals surface area contributed by atoms with Crippen LogP contribution in [0.4, 0.5) is 23.2 Å². The summed E-state index contributed by atoms with van der Waals surface area (Å²) in [6.07, 6.45) is -4.16. The van der Waals surface area contributed by atoms with E-state index in [9.17, 15) is 35.6 Å². The van der Waals surface area contributed by atoms with E-state index in [0.29, 0.717) is 15.9 Å². The molecule has 2 amide bonds. The molecule has 41 heavy (non-hydrogen) atoms. The summed E-state index contributed by atoms with van der Waals surface area (Å²) in [6.45, 7) is 0.514. The molecule has 0 saturated heterocycles. The number of hydrogen-bond donors (Lipinski definition) is 1. The van der Waals surface area contributed by atoms with Gasteiger partial charge in [0.2, 0.25) is 21.8 Å². The summed E-state index contributed by atoms with van der Waals surface area (Å²) < 4.78 is 81.3. The van der Waals surface area contributed by atoms with Crippen LogP contribution in [0.15, 0.2) is 72.8 Å². The van der Waals surface area contributed by atoms with Crippen molar-refractivity contribution in [2.45, 2.75) is 32.1 Å². The third-order valence-electron chi connectivity index (χ3n) is 6.14. The van der Waals surface area contributed by atoms with Gasteiger partial charge in [0, 0.05) is 25.1 Å². The average molecular weight is 614 g/mol. The Morgan fingerprint density at radius 3 is 2.22 bits per heavy atom. The number of rotatable bonds is 11. The zero-order valence-corrected chi connectivity index (χ0v) is 23.7. The number of carbonyl (C=O) groups is 2. The van der Waals surface area contributed by atoms with Crippen molar-refractivity contribution in [3.8, 4) is 0 Å². The van der Waals surface area contributed by atoms with Gasteiger partial charge in [0.25, 0.3) is 0 Å². The highest BCUT2D eigenvalue weighted by atomic mass is 35.5.